The van der Waals surface area contributed by atoms with Crippen LogP contribution in [0.3, 0.4) is 0 Å². The Morgan fingerprint density at radius 2 is 1.94 bits per heavy atom. The number of pyridine rings is 1. The van der Waals surface area contributed by atoms with Crippen LogP contribution in [0.4, 0.5) is 5.95 Å². The summed E-state index contributed by atoms with van der Waals surface area (Å²) in [5, 5.41) is 7.18. The molecule has 0 bridgehead atoms. The summed E-state index contributed by atoms with van der Waals surface area (Å²) in [6, 6.07) is 10.8. The number of aromatic amines is 2. The summed E-state index contributed by atoms with van der Waals surface area (Å²) in [6.45, 7) is 4.57. The van der Waals surface area contributed by atoms with E-state index < -0.39 is 0 Å². The van der Waals surface area contributed by atoms with Gasteiger partial charge in [0.1, 0.15) is 0 Å². The molecule has 0 spiro atoms. The van der Waals surface area contributed by atoms with Gasteiger partial charge >= 0.3 is 0 Å². The SMILES string of the molecule is C=c1[nH]c(=O)/c(=C/c2ccnc(N[C@H]3CC[C@H](NCc4cccnc4-c4ccc[nH]4)CC3)n2)s1. The molecule has 1 fully saturated rings. The monoisotopic (exact) mass is 473 g/mol. The number of nitrogens with one attached hydrogen (secondary N) is 4. The Kier molecular flexibility index (Phi) is 6.64. The van der Waals surface area contributed by atoms with Gasteiger partial charge in [-0.05, 0) is 61.6 Å². The van der Waals surface area contributed by atoms with E-state index in [4.69, 9.17) is 0 Å². The highest BCUT2D eigenvalue weighted by Gasteiger charge is 2.22. The van der Waals surface area contributed by atoms with Crippen LogP contribution in [-0.2, 0) is 6.54 Å². The number of aromatic nitrogens is 5. The fourth-order valence-corrected chi connectivity index (χ4v) is 5.06. The van der Waals surface area contributed by atoms with Gasteiger partial charge in [-0.15, -0.1) is 11.3 Å². The summed E-state index contributed by atoms with van der Waals surface area (Å²) in [5.41, 5.74) is 3.80. The van der Waals surface area contributed by atoms with Crippen molar-refractivity contribution in [1.82, 2.24) is 30.2 Å². The third-order valence-corrected chi connectivity index (χ3v) is 6.92. The zero-order chi connectivity index (χ0) is 23.3. The second kappa shape index (κ2) is 10.1. The Morgan fingerprint density at radius 1 is 1.09 bits per heavy atom. The highest BCUT2D eigenvalue weighted by molar-refractivity contribution is 7.07. The number of anilines is 1. The molecule has 174 valence electrons. The van der Waals surface area contributed by atoms with E-state index in [2.05, 4.69) is 48.2 Å². The van der Waals surface area contributed by atoms with Crippen LogP contribution in [0.2, 0.25) is 0 Å². The zero-order valence-corrected chi connectivity index (χ0v) is 19.6. The number of nitrogens with zero attached hydrogens (tertiary/aromatic N) is 3. The van der Waals surface area contributed by atoms with E-state index >= 15 is 0 Å². The lowest BCUT2D eigenvalue weighted by Crippen LogP contribution is -2.37. The summed E-state index contributed by atoms with van der Waals surface area (Å²) < 4.78 is 1.23. The summed E-state index contributed by atoms with van der Waals surface area (Å²) in [7, 11) is 0. The van der Waals surface area contributed by atoms with E-state index in [-0.39, 0.29) is 5.56 Å². The van der Waals surface area contributed by atoms with Gasteiger partial charge in [-0.1, -0.05) is 12.6 Å². The number of rotatable bonds is 7. The first-order valence-electron chi connectivity index (χ1n) is 11.4. The minimum Gasteiger partial charge on any atom is -0.360 e. The normalized spacial score (nSPS) is 18.8. The number of hydrogen-bond acceptors (Lipinski definition) is 7. The maximum absolute atomic E-state index is 11.9. The minimum absolute atomic E-state index is 0.139. The lowest BCUT2D eigenvalue weighted by Gasteiger charge is -2.30. The van der Waals surface area contributed by atoms with Crippen LogP contribution in [0.25, 0.3) is 24.0 Å². The van der Waals surface area contributed by atoms with E-state index in [1.807, 2.05) is 30.6 Å². The average Bonchev–Trinajstić information content (AvgIpc) is 3.49. The number of thiazole rings is 1. The quantitative estimate of drug-likeness (QED) is 0.328. The van der Waals surface area contributed by atoms with Crippen molar-refractivity contribution in [2.45, 2.75) is 44.3 Å². The zero-order valence-electron chi connectivity index (χ0n) is 18.8. The third kappa shape index (κ3) is 5.32. The van der Waals surface area contributed by atoms with E-state index in [9.17, 15) is 4.79 Å². The van der Waals surface area contributed by atoms with Crippen LogP contribution >= 0.6 is 11.3 Å². The summed E-state index contributed by atoms with van der Waals surface area (Å²) >= 11 is 1.33. The van der Waals surface area contributed by atoms with Crippen molar-refractivity contribution < 1.29 is 0 Å². The van der Waals surface area contributed by atoms with Gasteiger partial charge in [-0.25, -0.2) is 9.97 Å². The molecule has 1 saturated carbocycles. The van der Waals surface area contributed by atoms with E-state index in [1.165, 1.54) is 16.9 Å². The molecule has 5 rings (SSSR count). The van der Waals surface area contributed by atoms with Gasteiger partial charge in [0.15, 0.2) is 0 Å². The molecule has 0 unspecified atom stereocenters. The molecular weight excluding hydrogens is 446 g/mol. The fraction of sp³-hybridized carbons (Fsp3) is 0.280. The maximum Gasteiger partial charge on any atom is 0.266 e. The molecule has 0 aliphatic heterocycles. The second-order valence-corrected chi connectivity index (χ2v) is 9.60. The van der Waals surface area contributed by atoms with Crippen LogP contribution in [0.5, 0.6) is 0 Å². The van der Waals surface area contributed by atoms with Gasteiger partial charge < -0.3 is 20.6 Å². The second-order valence-electron chi connectivity index (χ2n) is 8.46. The Morgan fingerprint density at radius 3 is 2.71 bits per heavy atom. The van der Waals surface area contributed by atoms with Crippen molar-refractivity contribution in [3.05, 3.63) is 79.7 Å². The summed E-state index contributed by atoms with van der Waals surface area (Å²) in [5.74, 6) is 0.596. The lowest BCUT2D eigenvalue weighted by atomic mass is 9.91. The molecule has 1 aliphatic rings. The standard InChI is InChI=1S/C25H27N7OS/c1-16-30-24(33)22(34-16)14-20-10-13-28-25(32-20)31-19-8-6-18(7-9-19)29-15-17-4-2-12-27-23(17)21-5-3-11-26-21/h2-5,10-14,18-19,26,29H,1,6-9,15H2,(H,30,33)(H,28,31,32)/b22-14-/t18-,19-. The molecule has 34 heavy (non-hydrogen) atoms. The molecule has 0 saturated heterocycles. The number of H-pyrrole nitrogens is 2. The molecule has 4 heterocycles. The van der Waals surface area contributed by atoms with Crippen LogP contribution in [-0.4, -0.2) is 37.0 Å². The molecule has 4 aromatic rings. The Balaban J connectivity index is 1.16. The van der Waals surface area contributed by atoms with Crippen molar-refractivity contribution in [3.8, 4) is 11.4 Å². The molecule has 4 N–H and O–H groups in total. The van der Waals surface area contributed by atoms with Crippen molar-refractivity contribution in [2.75, 3.05) is 5.32 Å². The lowest BCUT2D eigenvalue weighted by molar-refractivity contribution is 0.352. The van der Waals surface area contributed by atoms with Gasteiger partial charge in [0.2, 0.25) is 5.95 Å². The van der Waals surface area contributed by atoms with Crippen molar-refractivity contribution in [3.63, 3.8) is 0 Å². The minimum atomic E-state index is -0.139. The molecule has 0 radical (unpaired) electrons. The maximum atomic E-state index is 11.9. The van der Waals surface area contributed by atoms with E-state index in [1.54, 1.807) is 18.3 Å². The number of hydrogen-bond donors (Lipinski definition) is 4. The molecule has 0 aromatic carbocycles. The van der Waals surface area contributed by atoms with Crippen LogP contribution in [0.1, 0.15) is 36.9 Å². The molecule has 0 amide bonds. The predicted molar refractivity (Wildman–Crippen MR) is 136 cm³/mol. The molecule has 4 aromatic heterocycles. The van der Waals surface area contributed by atoms with Gasteiger partial charge in [0, 0.05) is 37.2 Å². The molecular formula is C25H27N7OS. The third-order valence-electron chi connectivity index (χ3n) is 6.05. The molecule has 8 nitrogen and oxygen atoms in total. The van der Waals surface area contributed by atoms with E-state index in [0.29, 0.717) is 32.9 Å². The molecule has 0 atom stereocenters. The van der Waals surface area contributed by atoms with E-state index in [0.717, 1.165) is 43.6 Å². The first kappa shape index (κ1) is 22.2. The summed E-state index contributed by atoms with van der Waals surface area (Å²) in [4.78, 5) is 31.4. The van der Waals surface area contributed by atoms with Crippen molar-refractivity contribution in [2.24, 2.45) is 0 Å². The fourth-order valence-electron chi connectivity index (χ4n) is 4.32. The first-order valence-corrected chi connectivity index (χ1v) is 12.3. The van der Waals surface area contributed by atoms with Gasteiger partial charge in [-0.2, -0.15) is 0 Å². The Labute approximate surface area is 200 Å². The highest BCUT2D eigenvalue weighted by atomic mass is 32.1. The average molecular weight is 474 g/mol. The predicted octanol–water partition coefficient (Wildman–Crippen LogP) is 2.37. The van der Waals surface area contributed by atoms with Crippen molar-refractivity contribution in [1.29, 1.82) is 0 Å². The van der Waals surface area contributed by atoms with Gasteiger partial charge in [-0.3, -0.25) is 9.78 Å². The van der Waals surface area contributed by atoms with Gasteiger partial charge in [0.05, 0.1) is 26.3 Å². The smallest absolute Gasteiger partial charge is 0.266 e. The van der Waals surface area contributed by atoms with Crippen LogP contribution in [0, 0.1) is 0 Å². The van der Waals surface area contributed by atoms with Crippen LogP contribution in [0.15, 0.2) is 53.7 Å². The Hall–Kier alpha value is -3.56. The highest BCUT2D eigenvalue weighted by Crippen LogP contribution is 2.23. The van der Waals surface area contributed by atoms with Crippen molar-refractivity contribution >= 4 is 29.9 Å². The summed E-state index contributed by atoms with van der Waals surface area (Å²) in [6.07, 6.45) is 11.5. The van der Waals surface area contributed by atoms with Crippen LogP contribution < -0.4 is 25.4 Å². The topological polar surface area (TPSA) is 111 Å². The first-order chi connectivity index (χ1) is 16.6. The van der Waals surface area contributed by atoms with Gasteiger partial charge in [0.25, 0.3) is 5.56 Å². The Bertz CT molecular complexity index is 1400. The largest absolute Gasteiger partial charge is 0.360 e. The molecule has 1 aliphatic carbocycles. The molecule has 9 heteroatoms.